The smallest absolute Gasteiger partial charge is 0.0445 e. The molecule has 0 spiro atoms. The molecule has 3 nitrogen and oxygen atoms in total. The Morgan fingerprint density at radius 3 is 2.57 bits per heavy atom. The average molecular weight is 200 g/mol. The van der Waals surface area contributed by atoms with Crippen LogP contribution in [0.15, 0.2) is 0 Å². The Balaban J connectivity index is 2.31. The molecule has 3 atom stereocenters. The van der Waals surface area contributed by atoms with Gasteiger partial charge in [-0.15, -0.1) is 0 Å². The van der Waals surface area contributed by atoms with Gasteiger partial charge in [0.2, 0.25) is 0 Å². The lowest BCUT2D eigenvalue weighted by atomic mass is 10.00. The first-order valence-corrected chi connectivity index (χ1v) is 5.76. The van der Waals surface area contributed by atoms with E-state index in [9.17, 15) is 0 Å². The molecule has 1 aliphatic rings. The van der Waals surface area contributed by atoms with E-state index >= 15 is 0 Å². The summed E-state index contributed by atoms with van der Waals surface area (Å²) in [5.41, 5.74) is 5.86. The third kappa shape index (κ3) is 3.56. The minimum atomic E-state index is 0.272. The summed E-state index contributed by atoms with van der Waals surface area (Å²) in [6.45, 7) is 4.67. The van der Waals surface area contributed by atoms with Crippen LogP contribution in [0.4, 0.5) is 0 Å². The molecule has 0 amide bonds. The van der Waals surface area contributed by atoms with Crippen LogP contribution in [-0.2, 0) is 0 Å². The lowest BCUT2D eigenvalue weighted by Crippen LogP contribution is -2.41. The molecule has 0 radical (unpaired) electrons. The lowest BCUT2D eigenvalue weighted by Gasteiger charge is -2.25. The van der Waals surface area contributed by atoms with Crippen LogP contribution in [0.2, 0.25) is 0 Å². The van der Waals surface area contributed by atoms with Crippen LogP contribution in [0.5, 0.6) is 0 Å². The maximum atomic E-state index is 8.95. The van der Waals surface area contributed by atoms with E-state index in [0.29, 0.717) is 24.0 Å². The van der Waals surface area contributed by atoms with Gasteiger partial charge in [0.1, 0.15) is 0 Å². The molecular formula is C11H24N2O. The highest BCUT2D eigenvalue weighted by Gasteiger charge is 2.24. The van der Waals surface area contributed by atoms with E-state index in [1.165, 1.54) is 6.42 Å². The summed E-state index contributed by atoms with van der Waals surface area (Å²) in [6, 6.07) is 1.40. The van der Waals surface area contributed by atoms with Crippen LogP contribution in [0.1, 0.15) is 39.5 Å². The molecule has 1 aliphatic carbocycles. The molecule has 1 fully saturated rings. The lowest BCUT2D eigenvalue weighted by molar-refractivity contribution is 0.234. The highest BCUT2D eigenvalue weighted by atomic mass is 16.3. The zero-order valence-corrected chi connectivity index (χ0v) is 9.37. The van der Waals surface area contributed by atoms with Gasteiger partial charge in [-0.25, -0.2) is 0 Å². The summed E-state index contributed by atoms with van der Waals surface area (Å²) in [6.07, 6.45) is 4.27. The molecule has 0 bridgehead atoms. The van der Waals surface area contributed by atoms with Gasteiger partial charge in [-0.05, 0) is 31.6 Å². The van der Waals surface area contributed by atoms with Crippen molar-refractivity contribution < 1.29 is 5.11 Å². The number of hydrogen-bond acceptors (Lipinski definition) is 3. The maximum Gasteiger partial charge on any atom is 0.0445 e. The summed E-state index contributed by atoms with van der Waals surface area (Å²) in [7, 11) is 0. The van der Waals surface area contributed by atoms with Gasteiger partial charge in [0, 0.05) is 24.7 Å². The topological polar surface area (TPSA) is 58.3 Å². The molecule has 84 valence electrons. The zero-order valence-electron chi connectivity index (χ0n) is 9.37. The fraction of sp³-hybridized carbons (Fsp3) is 1.00. The van der Waals surface area contributed by atoms with Crippen LogP contribution in [0, 0.1) is 5.92 Å². The SMILES string of the molecule is CC(C)C(CCO)NC1CCC(N)C1. The van der Waals surface area contributed by atoms with E-state index in [1.54, 1.807) is 0 Å². The van der Waals surface area contributed by atoms with Crippen molar-refractivity contribution in [3.63, 3.8) is 0 Å². The number of aliphatic hydroxyl groups excluding tert-OH is 1. The summed E-state index contributed by atoms with van der Waals surface area (Å²) < 4.78 is 0. The third-order valence-electron chi connectivity index (χ3n) is 3.17. The molecule has 1 rings (SSSR count). The molecule has 3 unspecified atom stereocenters. The highest BCUT2D eigenvalue weighted by molar-refractivity contribution is 4.85. The predicted molar refractivity (Wildman–Crippen MR) is 59.1 cm³/mol. The van der Waals surface area contributed by atoms with Crippen LogP contribution in [0.25, 0.3) is 0 Å². The van der Waals surface area contributed by atoms with Gasteiger partial charge < -0.3 is 16.2 Å². The second-order valence-electron chi connectivity index (χ2n) is 4.80. The molecule has 0 aromatic carbocycles. The largest absolute Gasteiger partial charge is 0.396 e. The zero-order chi connectivity index (χ0) is 10.6. The van der Waals surface area contributed by atoms with Crippen LogP contribution in [0.3, 0.4) is 0 Å². The van der Waals surface area contributed by atoms with E-state index in [0.717, 1.165) is 19.3 Å². The van der Waals surface area contributed by atoms with E-state index in [2.05, 4.69) is 19.2 Å². The fourth-order valence-corrected chi connectivity index (χ4v) is 2.22. The van der Waals surface area contributed by atoms with E-state index in [4.69, 9.17) is 10.8 Å². The van der Waals surface area contributed by atoms with Crippen molar-refractivity contribution >= 4 is 0 Å². The van der Waals surface area contributed by atoms with Gasteiger partial charge >= 0.3 is 0 Å². The number of hydrogen-bond donors (Lipinski definition) is 3. The van der Waals surface area contributed by atoms with Gasteiger partial charge in [-0.2, -0.15) is 0 Å². The monoisotopic (exact) mass is 200 g/mol. The number of rotatable bonds is 5. The Morgan fingerprint density at radius 2 is 2.14 bits per heavy atom. The Hall–Kier alpha value is -0.120. The van der Waals surface area contributed by atoms with Gasteiger partial charge in [0.15, 0.2) is 0 Å². The summed E-state index contributed by atoms with van der Waals surface area (Å²) in [5.74, 6) is 0.582. The molecule has 1 saturated carbocycles. The van der Waals surface area contributed by atoms with E-state index < -0.39 is 0 Å². The summed E-state index contributed by atoms with van der Waals surface area (Å²) in [4.78, 5) is 0. The normalized spacial score (nSPS) is 29.8. The number of aliphatic hydroxyl groups is 1. The van der Waals surface area contributed by atoms with Crippen LogP contribution in [-0.4, -0.2) is 29.8 Å². The Morgan fingerprint density at radius 1 is 1.43 bits per heavy atom. The van der Waals surface area contributed by atoms with Gasteiger partial charge in [-0.3, -0.25) is 0 Å². The molecule has 0 aromatic heterocycles. The second kappa shape index (κ2) is 5.69. The molecule has 4 N–H and O–H groups in total. The quantitative estimate of drug-likeness (QED) is 0.617. The third-order valence-corrected chi connectivity index (χ3v) is 3.17. The van der Waals surface area contributed by atoms with Gasteiger partial charge in [-0.1, -0.05) is 13.8 Å². The van der Waals surface area contributed by atoms with Crippen molar-refractivity contribution in [3.8, 4) is 0 Å². The molecule has 0 aromatic rings. The number of nitrogens with one attached hydrogen (secondary N) is 1. The molecule has 0 saturated heterocycles. The molecule has 0 aliphatic heterocycles. The van der Waals surface area contributed by atoms with E-state index in [-0.39, 0.29) is 6.61 Å². The highest BCUT2D eigenvalue weighted by Crippen LogP contribution is 2.19. The first-order chi connectivity index (χ1) is 6.63. The van der Waals surface area contributed by atoms with Crippen molar-refractivity contribution in [3.05, 3.63) is 0 Å². The molecule has 14 heavy (non-hydrogen) atoms. The van der Waals surface area contributed by atoms with Crippen LogP contribution >= 0.6 is 0 Å². The summed E-state index contributed by atoms with van der Waals surface area (Å²) in [5, 5.41) is 12.6. The van der Waals surface area contributed by atoms with Crippen molar-refractivity contribution in [2.45, 2.75) is 57.7 Å². The van der Waals surface area contributed by atoms with Crippen molar-refractivity contribution in [1.29, 1.82) is 0 Å². The van der Waals surface area contributed by atoms with Crippen LogP contribution < -0.4 is 11.1 Å². The fourth-order valence-electron chi connectivity index (χ4n) is 2.22. The number of nitrogens with two attached hydrogens (primary N) is 1. The Bertz CT molecular complexity index is 161. The van der Waals surface area contributed by atoms with Gasteiger partial charge in [0.05, 0.1) is 0 Å². The second-order valence-corrected chi connectivity index (χ2v) is 4.80. The maximum absolute atomic E-state index is 8.95. The van der Waals surface area contributed by atoms with Gasteiger partial charge in [0.25, 0.3) is 0 Å². The molecule has 3 heteroatoms. The average Bonchev–Trinajstić information content (AvgIpc) is 2.50. The Kier molecular flexibility index (Phi) is 4.85. The minimum absolute atomic E-state index is 0.272. The molecule has 0 heterocycles. The predicted octanol–water partition coefficient (Wildman–Crippen LogP) is 0.863. The Labute approximate surface area is 87.1 Å². The first-order valence-electron chi connectivity index (χ1n) is 5.76. The molecular weight excluding hydrogens is 176 g/mol. The van der Waals surface area contributed by atoms with E-state index in [1.807, 2.05) is 0 Å². The van der Waals surface area contributed by atoms with Crippen molar-refractivity contribution in [1.82, 2.24) is 5.32 Å². The first kappa shape index (κ1) is 12.0. The minimum Gasteiger partial charge on any atom is -0.396 e. The standard InChI is InChI=1S/C11H24N2O/c1-8(2)11(5-6-14)13-10-4-3-9(12)7-10/h8-11,13-14H,3-7,12H2,1-2H3. The summed E-state index contributed by atoms with van der Waals surface area (Å²) >= 11 is 0. The van der Waals surface area contributed by atoms with Crippen molar-refractivity contribution in [2.75, 3.05) is 6.61 Å². The van der Waals surface area contributed by atoms with Crippen molar-refractivity contribution in [2.24, 2.45) is 11.7 Å².